The molecule has 0 saturated heterocycles. The third kappa shape index (κ3) is 10.9. The van der Waals surface area contributed by atoms with Gasteiger partial charge in [-0.25, -0.2) is 0 Å². The summed E-state index contributed by atoms with van der Waals surface area (Å²) in [7, 11) is 0. The van der Waals surface area contributed by atoms with Crippen LogP contribution in [0.3, 0.4) is 0 Å². The summed E-state index contributed by atoms with van der Waals surface area (Å²) in [6.45, 7) is 9.47. The number of rotatable bonds is 17. The van der Waals surface area contributed by atoms with Crippen molar-refractivity contribution < 1.29 is 22.6 Å². The second-order valence-electron chi connectivity index (χ2n) is 8.58. The quantitative estimate of drug-likeness (QED) is 0.177. The lowest BCUT2D eigenvalue weighted by Gasteiger charge is -2.37. The van der Waals surface area contributed by atoms with E-state index in [1.165, 1.54) is 44.2 Å². The first-order valence-electron chi connectivity index (χ1n) is 12.2. The Morgan fingerprint density at radius 2 is 1.39 bits per heavy atom. The summed E-state index contributed by atoms with van der Waals surface area (Å²) in [4.78, 5) is 0. The molecule has 0 spiro atoms. The van der Waals surface area contributed by atoms with Gasteiger partial charge >= 0.3 is 6.18 Å². The van der Waals surface area contributed by atoms with Crippen molar-refractivity contribution in [2.24, 2.45) is 5.92 Å². The average molecular weight is 445 g/mol. The number of aryl methyl sites for hydroxylation is 1. The molecule has 1 unspecified atom stereocenters. The van der Waals surface area contributed by atoms with Gasteiger partial charge in [0.15, 0.2) is 5.79 Å². The molecular formula is C26H43F3O2. The van der Waals surface area contributed by atoms with E-state index in [4.69, 9.17) is 9.47 Å². The summed E-state index contributed by atoms with van der Waals surface area (Å²) in [5.74, 6) is -0.302. The Bertz CT molecular complexity index is 580. The van der Waals surface area contributed by atoms with E-state index >= 15 is 0 Å². The van der Waals surface area contributed by atoms with Gasteiger partial charge in [-0.05, 0) is 58.1 Å². The Kier molecular flexibility index (Phi) is 13.4. The van der Waals surface area contributed by atoms with E-state index in [0.717, 1.165) is 43.7 Å². The predicted molar refractivity (Wildman–Crippen MR) is 122 cm³/mol. The van der Waals surface area contributed by atoms with E-state index in [0.29, 0.717) is 25.6 Å². The SMILES string of the molecule is CCCCCCCCC(CCCCc1cccc(C(F)(F)F)c1)C(C)(OCC)OCC. The van der Waals surface area contributed by atoms with E-state index in [1.54, 1.807) is 6.07 Å². The van der Waals surface area contributed by atoms with Gasteiger partial charge in [-0.15, -0.1) is 0 Å². The maximum absolute atomic E-state index is 12.9. The summed E-state index contributed by atoms with van der Waals surface area (Å²) in [6, 6.07) is 5.70. The molecule has 0 aromatic heterocycles. The number of hydrogen-bond acceptors (Lipinski definition) is 2. The van der Waals surface area contributed by atoms with E-state index < -0.39 is 17.5 Å². The lowest BCUT2D eigenvalue weighted by Crippen LogP contribution is -2.41. The lowest BCUT2D eigenvalue weighted by molar-refractivity contribution is -0.254. The first kappa shape index (κ1) is 28.0. The van der Waals surface area contributed by atoms with Crippen LogP contribution in [0.5, 0.6) is 0 Å². The maximum atomic E-state index is 12.9. The number of unbranched alkanes of at least 4 members (excludes halogenated alkanes) is 6. The molecule has 2 nitrogen and oxygen atoms in total. The molecule has 0 aliphatic heterocycles. The van der Waals surface area contributed by atoms with E-state index in [2.05, 4.69) is 13.8 Å². The molecule has 0 heterocycles. The molecule has 5 heteroatoms. The van der Waals surface area contributed by atoms with E-state index in [-0.39, 0.29) is 0 Å². The van der Waals surface area contributed by atoms with Crippen LogP contribution in [0.4, 0.5) is 13.2 Å². The van der Waals surface area contributed by atoms with Crippen molar-refractivity contribution in [3.63, 3.8) is 0 Å². The first-order valence-corrected chi connectivity index (χ1v) is 12.2. The monoisotopic (exact) mass is 444 g/mol. The Morgan fingerprint density at radius 1 is 0.806 bits per heavy atom. The molecule has 0 amide bonds. The minimum atomic E-state index is -4.28. The van der Waals surface area contributed by atoms with E-state index in [1.807, 2.05) is 13.8 Å². The van der Waals surface area contributed by atoms with Crippen molar-refractivity contribution in [2.45, 2.75) is 110 Å². The van der Waals surface area contributed by atoms with Gasteiger partial charge in [0.25, 0.3) is 0 Å². The molecule has 0 saturated carbocycles. The average Bonchev–Trinajstić information content (AvgIpc) is 2.72. The molecular weight excluding hydrogens is 401 g/mol. The van der Waals surface area contributed by atoms with Crippen molar-refractivity contribution >= 4 is 0 Å². The van der Waals surface area contributed by atoms with Crippen LogP contribution >= 0.6 is 0 Å². The molecule has 1 rings (SSSR count). The Morgan fingerprint density at radius 3 is 1.97 bits per heavy atom. The maximum Gasteiger partial charge on any atom is 0.416 e. The summed E-state index contributed by atoms with van der Waals surface area (Å²) in [6.07, 6.45) is 7.74. The minimum Gasteiger partial charge on any atom is -0.350 e. The highest BCUT2D eigenvalue weighted by Gasteiger charge is 2.35. The molecule has 0 radical (unpaired) electrons. The molecule has 1 aromatic rings. The highest BCUT2D eigenvalue weighted by Crippen LogP contribution is 2.33. The van der Waals surface area contributed by atoms with Crippen molar-refractivity contribution in [1.82, 2.24) is 0 Å². The predicted octanol–water partition coefficient (Wildman–Crippen LogP) is 8.57. The molecule has 0 bridgehead atoms. The molecule has 0 aliphatic rings. The molecule has 31 heavy (non-hydrogen) atoms. The molecule has 1 aromatic carbocycles. The molecule has 0 aliphatic carbocycles. The fraction of sp³-hybridized carbons (Fsp3) is 0.769. The van der Waals surface area contributed by atoms with Gasteiger partial charge in [-0.2, -0.15) is 13.2 Å². The zero-order valence-electron chi connectivity index (χ0n) is 20.0. The Hall–Kier alpha value is -1.07. The fourth-order valence-electron chi connectivity index (χ4n) is 4.31. The third-order valence-corrected chi connectivity index (χ3v) is 6.03. The normalized spacial score (nSPS) is 13.5. The molecule has 1 atom stereocenters. The number of ether oxygens (including phenoxy) is 2. The topological polar surface area (TPSA) is 18.5 Å². The van der Waals surface area contributed by atoms with Crippen LogP contribution in [0.1, 0.15) is 103 Å². The van der Waals surface area contributed by atoms with Crippen LogP contribution in [-0.2, 0) is 22.1 Å². The van der Waals surface area contributed by atoms with Crippen LogP contribution in [-0.4, -0.2) is 19.0 Å². The largest absolute Gasteiger partial charge is 0.416 e. The second-order valence-corrected chi connectivity index (χ2v) is 8.58. The zero-order chi connectivity index (χ0) is 23.2. The first-order chi connectivity index (χ1) is 14.8. The van der Waals surface area contributed by atoms with Crippen LogP contribution < -0.4 is 0 Å². The standard InChI is InChI=1S/C26H43F3O2/c1-5-8-9-10-11-12-18-23(25(4,30-6-2)31-7-3)19-14-13-16-22-17-15-20-24(21-22)26(27,28)29/h15,17,20-21,23H,5-14,16,18-19H2,1-4H3. The van der Waals surface area contributed by atoms with Crippen LogP contribution in [0.25, 0.3) is 0 Å². The number of hydrogen-bond donors (Lipinski definition) is 0. The van der Waals surface area contributed by atoms with Crippen LogP contribution in [0.2, 0.25) is 0 Å². The number of benzene rings is 1. The second kappa shape index (κ2) is 14.9. The number of alkyl halides is 3. The number of halogens is 3. The van der Waals surface area contributed by atoms with Crippen molar-refractivity contribution in [2.75, 3.05) is 13.2 Å². The smallest absolute Gasteiger partial charge is 0.350 e. The highest BCUT2D eigenvalue weighted by atomic mass is 19.4. The van der Waals surface area contributed by atoms with Gasteiger partial charge in [0.05, 0.1) is 5.56 Å². The zero-order valence-corrected chi connectivity index (χ0v) is 20.0. The lowest BCUT2D eigenvalue weighted by atomic mass is 9.87. The highest BCUT2D eigenvalue weighted by molar-refractivity contribution is 5.25. The van der Waals surface area contributed by atoms with Crippen molar-refractivity contribution in [3.05, 3.63) is 35.4 Å². The van der Waals surface area contributed by atoms with Crippen molar-refractivity contribution in [3.8, 4) is 0 Å². The van der Waals surface area contributed by atoms with Crippen LogP contribution in [0, 0.1) is 5.92 Å². The van der Waals surface area contributed by atoms with Gasteiger partial charge in [0, 0.05) is 19.1 Å². The fourth-order valence-corrected chi connectivity index (χ4v) is 4.31. The summed E-state index contributed by atoms with van der Waals surface area (Å²) < 4.78 is 50.9. The van der Waals surface area contributed by atoms with Gasteiger partial charge in [-0.1, -0.05) is 70.1 Å². The Balaban J connectivity index is 2.61. The molecule has 0 fully saturated rings. The summed E-state index contributed by atoms with van der Waals surface area (Å²) in [5, 5.41) is 0. The third-order valence-electron chi connectivity index (χ3n) is 6.03. The van der Waals surface area contributed by atoms with Gasteiger partial charge in [0.2, 0.25) is 0 Å². The van der Waals surface area contributed by atoms with Crippen LogP contribution in [0.15, 0.2) is 24.3 Å². The van der Waals surface area contributed by atoms with E-state index in [9.17, 15) is 13.2 Å². The van der Waals surface area contributed by atoms with Crippen molar-refractivity contribution in [1.29, 1.82) is 0 Å². The Labute approximate surface area is 187 Å². The van der Waals surface area contributed by atoms with Gasteiger partial charge in [-0.3, -0.25) is 0 Å². The summed E-state index contributed by atoms with van der Waals surface area (Å²) >= 11 is 0. The molecule has 180 valence electrons. The van der Waals surface area contributed by atoms with Gasteiger partial charge in [0.1, 0.15) is 0 Å². The molecule has 0 N–H and O–H groups in total. The minimum absolute atomic E-state index is 0.292. The summed E-state index contributed by atoms with van der Waals surface area (Å²) in [5.41, 5.74) is 0.186. The van der Waals surface area contributed by atoms with Gasteiger partial charge < -0.3 is 9.47 Å².